The first-order valence-corrected chi connectivity index (χ1v) is 3.31. The molecule has 68 valence electrons. The second-order valence-electron chi connectivity index (χ2n) is 2.68. The summed E-state index contributed by atoms with van der Waals surface area (Å²) < 4.78 is 34.5. The molecule has 0 rings (SSSR count). The minimum atomic E-state index is -4.25. The Morgan fingerprint density at radius 3 is 2.09 bits per heavy atom. The summed E-state index contributed by atoms with van der Waals surface area (Å²) in [6.07, 6.45) is -5.34. The van der Waals surface area contributed by atoms with Crippen LogP contribution < -0.4 is 5.32 Å². The van der Waals surface area contributed by atoms with Gasteiger partial charge in [0.2, 0.25) is 0 Å². The lowest BCUT2D eigenvalue weighted by atomic mass is 10.2. The first-order valence-electron chi connectivity index (χ1n) is 3.31. The van der Waals surface area contributed by atoms with Gasteiger partial charge in [-0.15, -0.1) is 0 Å². The molecule has 0 aromatic carbocycles. The molecule has 0 saturated heterocycles. The van der Waals surface area contributed by atoms with Gasteiger partial charge in [-0.25, -0.2) is 0 Å². The van der Waals surface area contributed by atoms with E-state index in [0.29, 0.717) is 0 Å². The number of nitrogens with one attached hydrogen (secondary N) is 1. The van der Waals surface area contributed by atoms with Crippen molar-refractivity contribution in [2.45, 2.75) is 26.3 Å². The molecule has 0 saturated carbocycles. The normalized spacial score (nSPS) is 15.5. The summed E-state index contributed by atoms with van der Waals surface area (Å²) in [4.78, 5) is 0. The highest BCUT2D eigenvalue weighted by Crippen LogP contribution is 2.13. The van der Waals surface area contributed by atoms with E-state index in [0.717, 1.165) is 0 Å². The van der Waals surface area contributed by atoms with Gasteiger partial charge in [0.05, 0.1) is 6.54 Å². The Bertz CT molecular complexity index is 113. The average molecular weight is 171 g/mol. The molecule has 0 aromatic heterocycles. The molecule has 2 nitrogen and oxygen atoms in total. The standard InChI is InChI=1S/C6H12F3NO/c1-4(2)5(11)10-3-6(7,8)9/h4-5,10-11H,3H2,1-2H3. The fraction of sp³-hybridized carbons (Fsp3) is 1.00. The van der Waals surface area contributed by atoms with Crippen molar-refractivity contribution in [3.05, 3.63) is 0 Å². The predicted molar refractivity (Wildman–Crippen MR) is 34.9 cm³/mol. The smallest absolute Gasteiger partial charge is 0.378 e. The van der Waals surface area contributed by atoms with E-state index >= 15 is 0 Å². The minimum absolute atomic E-state index is 0.211. The Kier molecular flexibility index (Phi) is 3.82. The molecular formula is C6H12F3NO. The van der Waals surface area contributed by atoms with Gasteiger partial charge in [0.15, 0.2) is 0 Å². The Morgan fingerprint density at radius 1 is 1.36 bits per heavy atom. The number of aliphatic hydroxyl groups is 1. The highest BCUT2D eigenvalue weighted by atomic mass is 19.4. The number of hydrogen-bond acceptors (Lipinski definition) is 2. The van der Waals surface area contributed by atoms with Crippen LogP contribution in [-0.4, -0.2) is 24.1 Å². The molecule has 0 aliphatic heterocycles. The number of hydrogen-bond donors (Lipinski definition) is 2. The summed E-state index contributed by atoms with van der Waals surface area (Å²) in [5.41, 5.74) is 0. The van der Waals surface area contributed by atoms with Crippen LogP contribution >= 0.6 is 0 Å². The molecule has 0 bridgehead atoms. The molecule has 0 amide bonds. The summed E-state index contributed by atoms with van der Waals surface area (Å²) in [5, 5.41) is 10.8. The maximum Gasteiger partial charge on any atom is 0.401 e. The molecule has 0 aromatic rings. The second kappa shape index (κ2) is 3.92. The van der Waals surface area contributed by atoms with Crippen LogP contribution in [-0.2, 0) is 0 Å². The molecule has 0 radical (unpaired) electrons. The molecular weight excluding hydrogens is 159 g/mol. The van der Waals surface area contributed by atoms with Crippen molar-refractivity contribution < 1.29 is 18.3 Å². The minimum Gasteiger partial charge on any atom is -0.378 e. The van der Waals surface area contributed by atoms with E-state index < -0.39 is 18.9 Å². The van der Waals surface area contributed by atoms with Gasteiger partial charge in [0.25, 0.3) is 0 Å². The highest BCUT2D eigenvalue weighted by Gasteiger charge is 2.28. The zero-order chi connectivity index (χ0) is 9.07. The number of aliphatic hydroxyl groups excluding tert-OH is 1. The lowest BCUT2D eigenvalue weighted by Crippen LogP contribution is -2.39. The summed E-state index contributed by atoms with van der Waals surface area (Å²) in [7, 11) is 0. The predicted octanol–water partition coefficient (Wildman–Crippen LogP) is 1.11. The van der Waals surface area contributed by atoms with E-state index in [9.17, 15) is 13.2 Å². The summed E-state index contributed by atoms with van der Waals surface area (Å²) >= 11 is 0. The van der Waals surface area contributed by atoms with Gasteiger partial charge >= 0.3 is 6.18 Å². The molecule has 0 heterocycles. The quantitative estimate of drug-likeness (QED) is 0.623. The van der Waals surface area contributed by atoms with E-state index in [1.54, 1.807) is 13.8 Å². The van der Waals surface area contributed by atoms with Gasteiger partial charge in [-0.3, -0.25) is 5.32 Å². The van der Waals surface area contributed by atoms with Crippen molar-refractivity contribution in [1.29, 1.82) is 0 Å². The van der Waals surface area contributed by atoms with Crippen LogP contribution in [0, 0.1) is 5.92 Å². The lowest BCUT2D eigenvalue weighted by molar-refractivity contribution is -0.132. The van der Waals surface area contributed by atoms with Crippen molar-refractivity contribution >= 4 is 0 Å². The summed E-state index contributed by atoms with van der Waals surface area (Å²) in [5.74, 6) is -0.211. The molecule has 2 N–H and O–H groups in total. The summed E-state index contributed by atoms with van der Waals surface area (Å²) in [6, 6.07) is 0. The third-order valence-electron chi connectivity index (χ3n) is 1.14. The highest BCUT2D eigenvalue weighted by molar-refractivity contribution is 4.61. The van der Waals surface area contributed by atoms with Crippen LogP contribution in [0.15, 0.2) is 0 Å². The van der Waals surface area contributed by atoms with E-state index in [1.165, 1.54) is 0 Å². The van der Waals surface area contributed by atoms with E-state index in [-0.39, 0.29) is 5.92 Å². The molecule has 0 aliphatic rings. The van der Waals surface area contributed by atoms with E-state index in [4.69, 9.17) is 5.11 Å². The third-order valence-corrected chi connectivity index (χ3v) is 1.14. The fourth-order valence-corrected chi connectivity index (χ4v) is 0.456. The number of rotatable bonds is 3. The molecule has 0 aliphatic carbocycles. The van der Waals surface area contributed by atoms with Gasteiger partial charge in [0.1, 0.15) is 6.23 Å². The van der Waals surface area contributed by atoms with E-state index in [1.807, 2.05) is 5.32 Å². The summed E-state index contributed by atoms with van der Waals surface area (Å²) in [6.45, 7) is 2.12. The van der Waals surface area contributed by atoms with Crippen molar-refractivity contribution in [3.8, 4) is 0 Å². The third kappa shape index (κ3) is 6.12. The average Bonchev–Trinajstić information content (AvgIpc) is 1.80. The van der Waals surface area contributed by atoms with Crippen molar-refractivity contribution in [1.82, 2.24) is 5.32 Å². The van der Waals surface area contributed by atoms with Crippen molar-refractivity contribution in [2.75, 3.05) is 6.54 Å². The monoisotopic (exact) mass is 171 g/mol. The molecule has 0 fully saturated rings. The largest absolute Gasteiger partial charge is 0.401 e. The van der Waals surface area contributed by atoms with Crippen LogP contribution in [0.4, 0.5) is 13.2 Å². The number of halogens is 3. The van der Waals surface area contributed by atoms with Crippen LogP contribution in [0.2, 0.25) is 0 Å². The van der Waals surface area contributed by atoms with Crippen molar-refractivity contribution in [3.63, 3.8) is 0 Å². The van der Waals surface area contributed by atoms with Crippen LogP contribution in [0.1, 0.15) is 13.8 Å². The van der Waals surface area contributed by atoms with Gasteiger partial charge < -0.3 is 5.11 Å². The first kappa shape index (κ1) is 10.7. The zero-order valence-corrected chi connectivity index (χ0v) is 6.44. The molecule has 1 unspecified atom stereocenters. The van der Waals surface area contributed by atoms with Crippen LogP contribution in [0.5, 0.6) is 0 Å². The maximum atomic E-state index is 11.5. The molecule has 0 spiro atoms. The molecule has 5 heteroatoms. The van der Waals surface area contributed by atoms with Crippen LogP contribution in [0.25, 0.3) is 0 Å². The zero-order valence-electron chi connectivity index (χ0n) is 6.44. The van der Waals surface area contributed by atoms with Crippen LogP contribution in [0.3, 0.4) is 0 Å². The van der Waals surface area contributed by atoms with Crippen molar-refractivity contribution in [2.24, 2.45) is 5.92 Å². The second-order valence-corrected chi connectivity index (χ2v) is 2.68. The number of alkyl halides is 3. The maximum absolute atomic E-state index is 11.5. The molecule has 1 atom stereocenters. The Morgan fingerprint density at radius 2 is 1.82 bits per heavy atom. The molecule has 11 heavy (non-hydrogen) atoms. The SMILES string of the molecule is CC(C)C(O)NCC(F)(F)F. The fourth-order valence-electron chi connectivity index (χ4n) is 0.456. The van der Waals surface area contributed by atoms with Gasteiger partial charge in [-0.1, -0.05) is 13.8 Å². The Balaban J connectivity index is 3.54. The topological polar surface area (TPSA) is 32.3 Å². The Hall–Kier alpha value is -0.290. The van der Waals surface area contributed by atoms with Gasteiger partial charge in [-0.2, -0.15) is 13.2 Å². The van der Waals surface area contributed by atoms with E-state index in [2.05, 4.69) is 0 Å². The first-order chi connectivity index (χ1) is 4.83. The van der Waals surface area contributed by atoms with Gasteiger partial charge in [0, 0.05) is 0 Å². The lowest BCUT2D eigenvalue weighted by Gasteiger charge is -2.17. The van der Waals surface area contributed by atoms with Gasteiger partial charge in [-0.05, 0) is 5.92 Å². The Labute approximate surface area is 63.4 Å².